The number of ether oxygens (including phenoxy) is 1. The van der Waals surface area contributed by atoms with Gasteiger partial charge >= 0.3 is 0 Å². The molecule has 5 rings (SSSR count). The van der Waals surface area contributed by atoms with Crippen LogP contribution in [0.15, 0.2) is 36.5 Å². The number of nitrogens with one attached hydrogen (secondary N) is 2. The number of methoxy groups -OCH3 is 1. The molecule has 2 atom stereocenters. The van der Waals surface area contributed by atoms with Crippen LogP contribution in [0.25, 0.3) is 0 Å². The summed E-state index contributed by atoms with van der Waals surface area (Å²) < 4.78 is 5.64. The zero-order valence-corrected chi connectivity index (χ0v) is 14.5. The molecular formula is C20H24N4O. The number of rotatable bonds is 2. The first kappa shape index (κ1) is 15.0. The lowest BCUT2D eigenvalue weighted by Gasteiger charge is -2.40. The number of piperidine rings is 1. The predicted molar refractivity (Wildman–Crippen MR) is 101 cm³/mol. The molecule has 0 aliphatic carbocycles. The normalized spacial score (nSPS) is 26.9. The van der Waals surface area contributed by atoms with Gasteiger partial charge in [-0.05, 0) is 49.9 Å². The summed E-state index contributed by atoms with van der Waals surface area (Å²) in [6, 6.07) is 12.1. The van der Waals surface area contributed by atoms with Crippen molar-refractivity contribution in [3.63, 3.8) is 0 Å². The topological polar surface area (TPSA) is 49.4 Å². The molecule has 0 spiro atoms. The van der Waals surface area contributed by atoms with Gasteiger partial charge in [-0.15, -0.1) is 0 Å². The number of hydrogen-bond acceptors (Lipinski definition) is 5. The Morgan fingerprint density at radius 1 is 1.12 bits per heavy atom. The number of pyridine rings is 1. The van der Waals surface area contributed by atoms with Gasteiger partial charge in [0.05, 0.1) is 17.5 Å². The Morgan fingerprint density at radius 2 is 1.96 bits per heavy atom. The van der Waals surface area contributed by atoms with Crippen molar-refractivity contribution in [2.45, 2.75) is 50.4 Å². The third kappa shape index (κ3) is 2.54. The van der Waals surface area contributed by atoms with Crippen LogP contribution in [-0.4, -0.2) is 30.3 Å². The van der Waals surface area contributed by atoms with E-state index in [-0.39, 0.29) is 0 Å². The second-order valence-corrected chi connectivity index (χ2v) is 7.34. The minimum Gasteiger partial charge on any atom is -0.381 e. The summed E-state index contributed by atoms with van der Waals surface area (Å²) in [4.78, 5) is 7.10. The number of benzene rings is 1. The molecule has 5 heteroatoms. The Hall–Kier alpha value is -2.27. The predicted octanol–water partition coefficient (Wildman–Crippen LogP) is 3.90. The van der Waals surface area contributed by atoms with Crippen LogP contribution in [0.4, 0.5) is 22.9 Å². The zero-order valence-electron chi connectivity index (χ0n) is 14.5. The molecule has 0 saturated carbocycles. The van der Waals surface area contributed by atoms with Gasteiger partial charge in [0.15, 0.2) is 0 Å². The highest BCUT2D eigenvalue weighted by atomic mass is 16.5. The molecule has 1 aromatic heterocycles. The van der Waals surface area contributed by atoms with Crippen molar-refractivity contribution >= 4 is 22.9 Å². The SMILES string of the molecule is COC1CC2CCC(C1)N2c1ccc2c(c1)NCc1cccnc1N2. The van der Waals surface area contributed by atoms with Crippen LogP contribution in [0.3, 0.4) is 0 Å². The molecule has 2 unspecified atom stereocenters. The molecule has 2 fully saturated rings. The Bertz CT molecular complexity index is 779. The van der Waals surface area contributed by atoms with E-state index >= 15 is 0 Å². The summed E-state index contributed by atoms with van der Waals surface area (Å²) in [5.41, 5.74) is 4.78. The third-order valence-corrected chi connectivity index (χ3v) is 5.94. The van der Waals surface area contributed by atoms with Gasteiger partial charge in [-0.3, -0.25) is 0 Å². The molecule has 5 nitrogen and oxygen atoms in total. The first-order valence-corrected chi connectivity index (χ1v) is 9.22. The molecule has 2 aromatic rings. The lowest BCUT2D eigenvalue weighted by molar-refractivity contribution is 0.0684. The van der Waals surface area contributed by atoms with Gasteiger partial charge in [-0.1, -0.05) is 6.07 Å². The first-order chi connectivity index (χ1) is 12.3. The minimum absolute atomic E-state index is 0.426. The molecule has 2 bridgehead atoms. The zero-order chi connectivity index (χ0) is 16.8. The molecule has 1 aromatic carbocycles. The van der Waals surface area contributed by atoms with Crippen LogP contribution in [0, 0.1) is 0 Å². The second-order valence-electron chi connectivity index (χ2n) is 7.34. The van der Waals surface area contributed by atoms with E-state index < -0.39 is 0 Å². The van der Waals surface area contributed by atoms with Crippen molar-refractivity contribution in [3.05, 3.63) is 42.1 Å². The van der Waals surface area contributed by atoms with Crippen molar-refractivity contribution in [1.29, 1.82) is 0 Å². The van der Waals surface area contributed by atoms with E-state index in [4.69, 9.17) is 4.74 Å². The smallest absolute Gasteiger partial charge is 0.135 e. The van der Waals surface area contributed by atoms with Crippen LogP contribution in [0.5, 0.6) is 0 Å². The molecule has 25 heavy (non-hydrogen) atoms. The lowest BCUT2D eigenvalue weighted by atomic mass is 9.98. The molecule has 3 aliphatic rings. The van der Waals surface area contributed by atoms with Crippen molar-refractivity contribution < 1.29 is 4.74 Å². The number of hydrogen-bond donors (Lipinski definition) is 2. The van der Waals surface area contributed by atoms with E-state index in [9.17, 15) is 0 Å². The third-order valence-electron chi connectivity index (χ3n) is 5.94. The van der Waals surface area contributed by atoms with Crippen LogP contribution >= 0.6 is 0 Å². The number of anilines is 4. The number of fused-ring (bicyclic) bond motifs is 4. The van der Waals surface area contributed by atoms with Gasteiger partial charge in [0, 0.05) is 43.2 Å². The van der Waals surface area contributed by atoms with Gasteiger partial charge in [0.2, 0.25) is 0 Å². The summed E-state index contributed by atoms with van der Waals surface area (Å²) in [6.07, 6.45) is 7.11. The Balaban J connectivity index is 1.44. The monoisotopic (exact) mass is 336 g/mol. The van der Waals surface area contributed by atoms with Crippen molar-refractivity contribution in [2.75, 3.05) is 22.6 Å². The summed E-state index contributed by atoms with van der Waals surface area (Å²) in [5.74, 6) is 0.947. The van der Waals surface area contributed by atoms with Crippen LogP contribution in [-0.2, 0) is 11.3 Å². The van der Waals surface area contributed by atoms with Crippen molar-refractivity contribution in [3.8, 4) is 0 Å². The summed E-state index contributed by atoms with van der Waals surface area (Å²) >= 11 is 0. The summed E-state index contributed by atoms with van der Waals surface area (Å²) in [5, 5.41) is 7.05. The van der Waals surface area contributed by atoms with Gasteiger partial charge in [0.25, 0.3) is 0 Å². The fourth-order valence-electron chi connectivity index (χ4n) is 4.70. The number of nitrogens with zero attached hydrogens (tertiary/aromatic N) is 2. The highest BCUT2D eigenvalue weighted by Crippen LogP contribution is 2.42. The molecule has 0 amide bonds. The maximum absolute atomic E-state index is 5.64. The van der Waals surface area contributed by atoms with E-state index in [0.717, 1.165) is 36.6 Å². The lowest BCUT2D eigenvalue weighted by Crippen LogP contribution is -2.45. The van der Waals surface area contributed by atoms with Gasteiger partial charge < -0.3 is 20.3 Å². The maximum atomic E-state index is 5.64. The van der Waals surface area contributed by atoms with E-state index in [1.54, 1.807) is 0 Å². The molecule has 0 radical (unpaired) electrons. The quantitative estimate of drug-likeness (QED) is 0.871. The standard InChI is InChI=1S/C20H24N4O/c1-25-17-9-14-4-5-15(10-17)24(14)16-6-7-18-19(11-16)22-12-13-3-2-8-21-20(13)23-18/h2-3,6-8,11,14-15,17,22H,4-5,9-10,12H2,1H3,(H,21,23). The van der Waals surface area contributed by atoms with Crippen molar-refractivity contribution in [2.24, 2.45) is 0 Å². The average Bonchev–Trinajstić information content (AvgIpc) is 2.83. The van der Waals surface area contributed by atoms with Gasteiger partial charge in [-0.25, -0.2) is 4.98 Å². The van der Waals surface area contributed by atoms with Gasteiger partial charge in [-0.2, -0.15) is 0 Å². The van der Waals surface area contributed by atoms with Crippen molar-refractivity contribution in [1.82, 2.24) is 4.98 Å². The second kappa shape index (κ2) is 5.92. The molecule has 2 N–H and O–H groups in total. The minimum atomic E-state index is 0.426. The van der Waals surface area contributed by atoms with Crippen LogP contribution < -0.4 is 15.5 Å². The van der Waals surface area contributed by atoms with Crippen LogP contribution in [0.2, 0.25) is 0 Å². The van der Waals surface area contributed by atoms with Gasteiger partial charge in [0.1, 0.15) is 5.82 Å². The van der Waals surface area contributed by atoms with E-state index in [2.05, 4.69) is 44.8 Å². The molecule has 2 saturated heterocycles. The molecule has 130 valence electrons. The van der Waals surface area contributed by atoms with E-state index in [1.807, 2.05) is 19.4 Å². The average molecular weight is 336 g/mol. The molecule has 4 heterocycles. The highest BCUT2D eigenvalue weighted by Gasteiger charge is 2.41. The summed E-state index contributed by atoms with van der Waals surface area (Å²) in [6.45, 7) is 0.797. The summed E-state index contributed by atoms with van der Waals surface area (Å²) in [7, 11) is 1.85. The van der Waals surface area contributed by atoms with Crippen LogP contribution in [0.1, 0.15) is 31.2 Å². The number of aromatic nitrogens is 1. The van der Waals surface area contributed by atoms with E-state index in [0.29, 0.717) is 18.2 Å². The Kier molecular flexibility index (Phi) is 3.55. The molecule has 3 aliphatic heterocycles. The fraction of sp³-hybridized carbons (Fsp3) is 0.450. The molecular weight excluding hydrogens is 312 g/mol. The Labute approximate surface area is 148 Å². The fourth-order valence-corrected chi connectivity index (χ4v) is 4.70. The first-order valence-electron chi connectivity index (χ1n) is 9.22. The van der Waals surface area contributed by atoms with E-state index in [1.165, 1.54) is 24.1 Å². The largest absolute Gasteiger partial charge is 0.381 e. The maximum Gasteiger partial charge on any atom is 0.135 e. The Morgan fingerprint density at radius 3 is 2.76 bits per heavy atom. The highest BCUT2D eigenvalue weighted by molar-refractivity contribution is 5.80.